The van der Waals surface area contributed by atoms with Gasteiger partial charge in [-0.1, -0.05) is 17.7 Å². The molecular weight excluding hydrogens is 294 g/mol. The summed E-state index contributed by atoms with van der Waals surface area (Å²) >= 11 is 7.67. The molecule has 0 spiro atoms. The lowest BCUT2D eigenvalue weighted by molar-refractivity contribution is 0.220. The van der Waals surface area contributed by atoms with Crippen LogP contribution >= 0.6 is 22.9 Å². The number of amides is 2. The molecule has 0 fully saturated rings. The Balaban J connectivity index is 2.00. The zero-order valence-electron chi connectivity index (χ0n) is 11.6. The SMILES string of the molecule is Cc1ccc(NC(=O)N(C)Cc2csc(C)n2)c(Cl)c1. The molecule has 2 amide bonds. The normalized spacial score (nSPS) is 10.4. The molecule has 1 N–H and O–H groups in total. The van der Waals surface area contributed by atoms with E-state index < -0.39 is 0 Å². The first-order valence-electron chi connectivity index (χ1n) is 6.15. The number of rotatable bonds is 3. The predicted molar refractivity (Wildman–Crippen MR) is 83.5 cm³/mol. The molecule has 2 aromatic rings. The second-order valence-electron chi connectivity index (χ2n) is 4.63. The molecule has 0 unspecified atom stereocenters. The highest BCUT2D eigenvalue weighted by Gasteiger charge is 2.12. The van der Waals surface area contributed by atoms with Crippen LogP contribution in [0.5, 0.6) is 0 Å². The van der Waals surface area contributed by atoms with Gasteiger partial charge in [-0.15, -0.1) is 11.3 Å². The molecule has 4 nitrogen and oxygen atoms in total. The molecule has 1 aromatic carbocycles. The van der Waals surface area contributed by atoms with Gasteiger partial charge < -0.3 is 10.2 Å². The number of aryl methyl sites for hydroxylation is 2. The largest absolute Gasteiger partial charge is 0.322 e. The molecule has 0 saturated carbocycles. The van der Waals surface area contributed by atoms with Crippen molar-refractivity contribution in [1.29, 1.82) is 0 Å². The molecule has 20 heavy (non-hydrogen) atoms. The third-order valence-electron chi connectivity index (χ3n) is 2.78. The number of carbonyl (C=O) groups excluding carboxylic acids is 1. The van der Waals surface area contributed by atoms with Crippen molar-refractivity contribution in [3.63, 3.8) is 0 Å². The van der Waals surface area contributed by atoms with Crippen molar-refractivity contribution in [2.45, 2.75) is 20.4 Å². The van der Waals surface area contributed by atoms with Crippen LogP contribution in [0.4, 0.5) is 10.5 Å². The maximum atomic E-state index is 12.1. The molecule has 1 heterocycles. The molecule has 0 atom stereocenters. The first-order valence-corrected chi connectivity index (χ1v) is 7.41. The standard InChI is InChI=1S/C14H16ClN3OS/c1-9-4-5-13(12(15)6-9)17-14(19)18(3)7-11-8-20-10(2)16-11/h4-6,8H,7H2,1-3H3,(H,17,19). The molecule has 2 rings (SSSR count). The first kappa shape index (κ1) is 14.8. The summed E-state index contributed by atoms with van der Waals surface area (Å²) in [6.07, 6.45) is 0. The number of anilines is 1. The Bertz CT molecular complexity index is 627. The Kier molecular flexibility index (Phi) is 4.62. The number of hydrogen-bond acceptors (Lipinski definition) is 3. The van der Waals surface area contributed by atoms with Gasteiger partial charge in [-0.3, -0.25) is 0 Å². The minimum absolute atomic E-state index is 0.207. The molecule has 0 aliphatic carbocycles. The van der Waals surface area contributed by atoms with Gasteiger partial charge in [0.05, 0.1) is 28.0 Å². The van der Waals surface area contributed by atoms with E-state index in [1.165, 1.54) is 0 Å². The number of nitrogens with one attached hydrogen (secondary N) is 1. The van der Waals surface area contributed by atoms with Gasteiger partial charge in [-0.25, -0.2) is 9.78 Å². The number of aromatic nitrogens is 1. The van der Waals surface area contributed by atoms with E-state index in [0.717, 1.165) is 16.3 Å². The molecule has 0 aliphatic heterocycles. The van der Waals surface area contributed by atoms with E-state index in [2.05, 4.69) is 10.3 Å². The van der Waals surface area contributed by atoms with Gasteiger partial charge in [-0.05, 0) is 31.5 Å². The lowest BCUT2D eigenvalue weighted by atomic mass is 10.2. The maximum absolute atomic E-state index is 12.1. The van der Waals surface area contributed by atoms with E-state index in [9.17, 15) is 4.79 Å². The summed E-state index contributed by atoms with van der Waals surface area (Å²) in [5.41, 5.74) is 2.56. The fourth-order valence-electron chi connectivity index (χ4n) is 1.73. The monoisotopic (exact) mass is 309 g/mol. The number of carbonyl (C=O) groups is 1. The van der Waals surface area contributed by atoms with Crippen LogP contribution in [-0.4, -0.2) is 23.0 Å². The van der Waals surface area contributed by atoms with Crippen molar-refractivity contribution >= 4 is 34.7 Å². The van der Waals surface area contributed by atoms with E-state index in [-0.39, 0.29) is 6.03 Å². The van der Waals surface area contributed by atoms with Gasteiger partial charge in [-0.2, -0.15) is 0 Å². The summed E-state index contributed by atoms with van der Waals surface area (Å²) in [6, 6.07) is 5.32. The van der Waals surface area contributed by atoms with Crippen LogP contribution < -0.4 is 5.32 Å². The number of benzene rings is 1. The Morgan fingerprint density at radius 2 is 2.20 bits per heavy atom. The van der Waals surface area contributed by atoms with E-state index in [1.54, 1.807) is 29.4 Å². The van der Waals surface area contributed by atoms with Crippen molar-refractivity contribution in [1.82, 2.24) is 9.88 Å². The van der Waals surface area contributed by atoms with E-state index >= 15 is 0 Å². The quantitative estimate of drug-likeness (QED) is 0.928. The summed E-state index contributed by atoms with van der Waals surface area (Å²) < 4.78 is 0. The van der Waals surface area contributed by atoms with Crippen LogP contribution in [0.25, 0.3) is 0 Å². The Labute approximate surface area is 127 Å². The van der Waals surface area contributed by atoms with Crippen molar-refractivity contribution < 1.29 is 4.79 Å². The summed E-state index contributed by atoms with van der Waals surface area (Å²) in [5, 5.41) is 6.29. The third kappa shape index (κ3) is 3.71. The van der Waals surface area contributed by atoms with Gasteiger partial charge in [0, 0.05) is 12.4 Å². The van der Waals surface area contributed by atoms with Crippen LogP contribution in [0.1, 0.15) is 16.3 Å². The average Bonchev–Trinajstić information content (AvgIpc) is 2.78. The lowest BCUT2D eigenvalue weighted by Crippen LogP contribution is -2.31. The molecule has 0 saturated heterocycles. The molecule has 106 valence electrons. The van der Waals surface area contributed by atoms with Gasteiger partial charge in [0.15, 0.2) is 0 Å². The van der Waals surface area contributed by atoms with Crippen molar-refractivity contribution in [3.05, 3.63) is 44.9 Å². The zero-order chi connectivity index (χ0) is 14.7. The number of hydrogen-bond donors (Lipinski definition) is 1. The highest BCUT2D eigenvalue weighted by atomic mass is 35.5. The van der Waals surface area contributed by atoms with Crippen molar-refractivity contribution in [2.24, 2.45) is 0 Å². The van der Waals surface area contributed by atoms with Crippen LogP contribution in [-0.2, 0) is 6.54 Å². The molecule has 6 heteroatoms. The summed E-state index contributed by atoms with van der Waals surface area (Å²) in [6.45, 7) is 4.37. The van der Waals surface area contributed by atoms with Crippen molar-refractivity contribution in [2.75, 3.05) is 12.4 Å². The fourth-order valence-corrected chi connectivity index (χ4v) is 2.61. The third-order valence-corrected chi connectivity index (χ3v) is 3.91. The van der Waals surface area contributed by atoms with Crippen LogP contribution in [0.2, 0.25) is 5.02 Å². The summed E-state index contributed by atoms with van der Waals surface area (Å²) in [5.74, 6) is 0. The molecule has 0 bridgehead atoms. The average molecular weight is 310 g/mol. The second kappa shape index (κ2) is 6.24. The van der Waals surface area contributed by atoms with E-state index in [1.807, 2.05) is 31.4 Å². The topological polar surface area (TPSA) is 45.2 Å². The molecular formula is C14H16ClN3OS. The highest BCUT2D eigenvalue weighted by molar-refractivity contribution is 7.09. The predicted octanol–water partition coefficient (Wildman–Crippen LogP) is 4.08. The number of nitrogens with zero attached hydrogens (tertiary/aromatic N) is 2. The van der Waals surface area contributed by atoms with Gasteiger partial charge in [0.2, 0.25) is 0 Å². The Morgan fingerprint density at radius 3 is 2.80 bits per heavy atom. The minimum atomic E-state index is -0.207. The van der Waals surface area contributed by atoms with Crippen LogP contribution in [0.3, 0.4) is 0 Å². The number of thiazole rings is 1. The van der Waals surface area contributed by atoms with E-state index in [0.29, 0.717) is 17.3 Å². The first-order chi connectivity index (χ1) is 9.45. The lowest BCUT2D eigenvalue weighted by Gasteiger charge is -2.17. The van der Waals surface area contributed by atoms with Crippen molar-refractivity contribution in [3.8, 4) is 0 Å². The Hall–Kier alpha value is -1.59. The number of halogens is 1. The molecule has 1 aromatic heterocycles. The molecule has 0 radical (unpaired) electrons. The Morgan fingerprint density at radius 1 is 1.45 bits per heavy atom. The highest BCUT2D eigenvalue weighted by Crippen LogP contribution is 2.23. The molecule has 0 aliphatic rings. The van der Waals surface area contributed by atoms with Gasteiger partial charge >= 0.3 is 6.03 Å². The maximum Gasteiger partial charge on any atom is 0.321 e. The number of urea groups is 1. The zero-order valence-corrected chi connectivity index (χ0v) is 13.2. The van der Waals surface area contributed by atoms with Crippen LogP contribution in [0, 0.1) is 13.8 Å². The van der Waals surface area contributed by atoms with E-state index in [4.69, 9.17) is 11.6 Å². The van der Waals surface area contributed by atoms with Gasteiger partial charge in [0.25, 0.3) is 0 Å². The van der Waals surface area contributed by atoms with Gasteiger partial charge in [0.1, 0.15) is 0 Å². The summed E-state index contributed by atoms with van der Waals surface area (Å²) in [7, 11) is 1.73. The second-order valence-corrected chi connectivity index (χ2v) is 6.10. The smallest absolute Gasteiger partial charge is 0.321 e. The minimum Gasteiger partial charge on any atom is -0.322 e. The fraction of sp³-hybridized carbons (Fsp3) is 0.286. The summed E-state index contributed by atoms with van der Waals surface area (Å²) in [4.78, 5) is 18.0. The van der Waals surface area contributed by atoms with Crippen LogP contribution in [0.15, 0.2) is 23.6 Å².